The molecule has 0 aliphatic carbocycles. The Hall–Kier alpha value is -2.78. The normalized spacial score (nSPS) is 18.4. The number of halogens is 1. The molecule has 0 N–H and O–H groups in total. The standard InChI is InChI=1S/C28H36ClN3O5/c1-22-30-10-12-32(22)11-5-14-36-27-16-23(8-9-26(27)33-2)18-31-13-15-35-20-28(19-31,34-3)21-37-25-7-4-6-24(29)17-25/h4,6-10,12,16-17H,5,11,13-15,18-21H2,1-3H3/t28-/m1/s1. The molecule has 1 atom stereocenters. The Morgan fingerprint density at radius 3 is 2.76 bits per heavy atom. The van der Waals surface area contributed by atoms with Crippen molar-refractivity contribution < 1.29 is 23.7 Å². The van der Waals surface area contributed by atoms with Crippen LogP contribution in [0, 0.1) is 6.92 Å². The van der Waals surface area contributed by atoms with Crippen molar-refractivity contribution in [3.8, 4) is 17.2 Å². The SMILES string of the molecule is COc1ccc(CN2CCOC[C@](COc3cccc(Cl)c3)(OC)C2)cc1OCCCn1ccnc1C. The van der Waals surface area contributed by atoms with Gasteiger partial charge in [0.1, 0.15) is 23.8 Å². The molecule has 4 rings (SSSR count). The maximum atomic E-state index is 6.12. The van der Waals surface area contributed by atoms with E-state index in [1.807, 2.05) is 43.6 Å². The van der Waals surface area contributed by atoms with Gasteiger partial charge in [0.2, 0.25) is 0 Å². The molecule has 9 heteroatoms. The van der Waals surface area contributed by atoms with Crippen LogP contribution in [0.4, 0.5) is 0 Å². The molecule has 1 saturated heterocycles. The summed E-state index contributed by atoms with van der Waals surface area (Å²) >= 11 is 6.11. The first-order chi connectivity index (χ1) is 18.0. The highest BCUT2D eigenvalue weighted by Crippen LogP contribution is 2.30. The molecule has 8 nitrogen and oxygen atoms in total. The van der Waals surface area contributed by atoms with E-state index in [1.54, 1.807) is 20.3 Å². The second-order valence-electron chi connectivity index (χ2n) is 9.25. The molecule has 1 aromatic heterocycles. The number of aromatic nitrogens is 2. The molecule has 2 aromatic carbocycles. The van der Waals surface area contributed by atoms with Crippen molar-refractivity contribution in [2.24, 2.45) is 0 Å². The van der Waals surface area contributed by atoms with E-state index in [0.29, 0.717) is 43.7 Å². The molecular weight excluding hydrogens is 494 g/mol. The lowest BCUT2D eigenvalue weighted by Gasteiger charge is -2.34. The summed E-state index contributed by atoms with van der Waals surface area (Å²) in [4.78, 5) is 6.59. The van der Waals surface area contributed by atoms with Gasteiger partial charge < -0.3 is 28.3 Å². The average Bonchev–Trinajstić information content (AvgIpc) is 3.20. The highest BCUT2D eigenvalue weighted by molar-refractivity contribution is 6.30. The third-order valence-electron chi connectivity index (χ3n) is 6.52. The Kier molecular flexibility index (Phi) is 9.68. The highest BCUT2D eigenvalue weighted by atomic mass is 35.5. The van der Waals surface area contributed by atoms with E-state index < -0.39 is 5.60 Å². The van der Waals surface area contributed by atoms with Gasteiger partial charge in [-0.15, -0.1) is 0 Å². The van der Waals surface area contributed by atoms with Crippen molar-refractivity contribution in [2.45, 2.75) is 32.0 Å². The van der Waals surface area contributed by atoms with E-state index >= 15 is 0 Å². The van der Waals surface area contributed by atoms with Gasteiger partial charge in [0.15, 0.2) is 11.5 Å². The Labute approximate surface area is 224 Å². The van der Waals surface area contributed by atoms with Crippen LogP contribution in [0.2, 0.25) is 5.02 Å². The zero-order chi connectivity index (χ0) is 26.1. The molecule has 37 heavy (non-hydrogen) atoms. The van der Waals surface area contributed by atoms with Crippen molar-refractivity contribution >= 4 is 11.6 Å². The molecule has 1 aliphatic rings. The molecule has 2 heterocycles. The molecule has 0 spiro atoms. The van der Waals surface area contributed by atoms with Crippen LogP contribution in [0.25, 0.3) is 0 Å². The smallest absolute Gasteiger partial charge is 0.161 e. The topological polar surface area (TPSA) is 67.2 Å². The van der Waals surface area contributed by atoms with Gasteiger partial charge >= 0.3 is 0 Å². The Bertz CT molecular complexity index is 1140. The van der Waals surface area contributed by atoms with E-state index in [2.05, 4.69) is 26.6 Å². The largest absolute Gasteiger partial charge is 0.493 e. The highest BCUT2D eigenvalue weighted by Gasteiger charge is 2.36. The second kappa shape index (κ2) is 13.1. The van der Waals surface area contributed by atoms with E-state index in [9.17, 15) is 0 Å². The van der Waals surface area contributed by atoms with Crippen LogP contribution in [0.3, 0.4) is 0 Å². The second-order valence-corrected chi connectivity index (χ2v) is 9.69. The van der Waals surface area contributed by atoms with Gasteiger partial charge in [0.05, 0.1) is 26.9 Å². The molecule has 200 valence electrons. The molecular formula is C28H36ClN3O5. The van der Waals surface area contributed by atoms with Crippen LogP contribution in [0.5, 0.6) is 17.2 Å². The predicted molar refractivity (Wildman–Crippen MR) is 143 cm³/mol. The van der Waals surface area contributed by atoms with Gasteiger partial charge in [0.25, 0.3) is 0 Å². The molecule has 0 bridgehead atoms. The quantitative estimate of drug-likeness (QED) is 0.317. The number of rotatable bonds is 12. The molecule has 0 radical (unpaired) electrons. The molecule has 0 amide bonds. The number of methoxy groups -OCH3 is 2. The van der Waals surface area contributed by atoms with Crippen LogP contribution >= 0.6 is 11.6 Å². The zero-order valence-electron chi connectivity index (χ0n) is 21.8. The predicted octanol–water partition coefficient (Wildman–Crippen LogP) is 4.62. The fourth-order valence-corrected chi connectivity index (χ4v) is 4.59. The van der Waals surface area contributed by atoms with Crippen LogP contribution in [0.15, 0.2) is 54.9 Å². The first kappa shape index (κ1) is 27.3. The lowest BCUT2D eigenvalue weighted by molar-refractivity contribution is -0.0925. The summed E-state index contributed by atoms with van der Waals surface area (Å²) in [7, 11) is 3.37. The number of benzene rings is 2. The van der Waals surface area contributed by atoms with Crippen molar-refractivity contribution in [3.63, 3.8) is 0 Å². The van der Waals surface area contributed by atoms with Gasteiger partial charge in [-0.2, -0.15) is 0 Å². The first-order valence-electron chi connectivity index (χ1n) is 12.5. The minimum absolute atomic E-state index is 0.355. The number of nitrogens with zero attached hydrogens (tertiary/aromatic N) is 3. The molecule has 1 fully saturated rings. The van der Waals surface area contributed by atoms with E-state index in [0.717, 1.165) is 48.9 Å². The zero-order valence-corrected chi connectivity index (χ0v) is 22.6. The van der Waals surface area contributed by atoms with Gasteiger partial charge in [-0.25, -0.2) is 4.98 Å². The molecule has 3 aromatic rings. The van der Waals surface area contributed by atoms with Crippen molar-refractivity contribution in [1.29, 1.82) is 0 Å². The summed E-state index contributed by atoms with van der Waals surface area (Å²) in [6, 6.07) is 13.5. The Morgan fingerprint density at radius 2 is 2.00 bits per heavy atom. The fourth-order valence-electron chi connectivity index (χ4n) is 4.41. The number of imidazole rings is 1. The molecule has 0 unspecified atom stereocenters. The Balaban J connectivity index is 1.37. The third-order valence-corrected chi connectivity index (χ3v) is 6.75. The van der Waals surface area contributed by atoms with E-state index in [-0.39, 0.29) is 0 Å². The minimum atomic E-state index is -0.601. The van der Waals surface area contributed by atoms with Crippen LogP contribution < -0.4 is 14.2 Å². The average molecular weight is 530 g/mol. The summed E-state index contributed by atoms with van der Waals surface area (Å²) < 4.78 is 31.7. The lowest BCUT2D eigenvalue weighted by Crippen LogP contribution is -2.50. The van der Waals surface area contributed by atoms with Gasteiger partial charge in [-0.1, -0.05) is 23.7 Å². The maximum absolute atomic E-state index is 6.12. The van der Waals surface area contributed by atoms with Crippen LogP contribution in [-0.4, -0.2) is 73.8 Å². The number of ether oxygens (including phenoxy) is 5. The molecule has 0 saturated carbocycles. The lowest BCUT2D eigenvalue weighted by atomic mass is 10.1. The van der Waals surface area contributed by atoms with Gasteiger partial charge in [-0.05, 0) is 49.2 Å². The van der Waals surface area contributed by atoms with Crippen LogP contribution in [-0.2, 0) is 22.6 Å². The van der Waals surface area contributed by atoms with E-state index in [4.69, 9.17) is 35.3 Å². The van der Waals surface area contributed by atoms with Crippen molar-refractivity contribution in [3.05, 3.63) is 71.3 Å². The van der Waals surface area contributed by atoms with E-state index in [1.165, 1.54) is 0 Å². The third kappa shape index (κ3) is 7.61. The van der Waals surface area contributed by atoms with Crippen LogP contribution in [0.1, 0.15) is 17.8 Å². The Morgan fingerprint density at radius 1 is 1.11 bits per heavy atom. The number of hydrogen-bond acceptors (Lipinski definition) is 7. The summed E-state index contributed by atoms with van der Waals surface area (Å²) in [6.45, 7) is 7.05. The summed E-state index contributed by atoms with van der Waals surface area (Å²) in [6.07, 6.45) is 4.68. The summed E-state index contributed by atoms with van der Waals surface area (Å²) in [5.41, 5.74) is 0.528. The summed E-state index contributed by atoms with van der Waals surface area (Å²) in [5, 5.41) is 0.636. The number of hydrogen-bond donors (Lipinski definition) is 0. The fraction of sp³-hybridized carbons (Fsp3) is 0.464. The first-order valence-corrected chi connectivity index (χ1v) is 12.9. The minimum Gasteiger partial charge on any atom is -0.493 e. The summed E-state index contributed by atoms with van der Waals surface area (Å²) in [5.74, 6) is 3.18. The number of aryl methyl sites for hydroxylation is 2. The maximum Gasteiger partial charge on any atom is 0.161 e. The van der Waals surface area contributed by atoms with Gasteiger partial charge in [0, 0.05) is 50.7 Å². The van der Waals surface area contributed by atoms with Crippen molar-refractivity contribution in [1.82, 2.24) is 14.5 Å². The monoisotopic (exact) mass is 529 g/mol. The molecule has 1 aliphatic heterocycles. The van der Waals surface area contributed by atoms with Gasteiger partial charge in [-0.3, -0.25) is 4.90 Å². The van der Waals surface area contributed by atoms with Crippen molar-refractivity contribution in [2.75, 3.05) is 53.7 Å².